The van der Waals surface area contributed by atoms with E-state index in [4.69, 9.17) is 70.8 Å². The van der Waals surface area contributed by atoms with Crippen LogP contribution in [0.5, 0.6) is 0 Å². The number of aliphatic hydroxyl groups excluding tert-OH is 2. The number of carbonyl (C=O) groups excluding carboxylic acids is 8. The van der Waals surface area contributed by atoms with Crippen LogP contribution in [0.15, 0.2) is 120 Å². The molecule has 49 heteroatoms. The number of nitrogens with two attached hydrogens (primary N) is 7. The van der Waals surface area contributed by atoms with E-state index in [1.807, 2.05) is 62.3 Å². The number of anilines is 4. The van der Waals surface area contributed by atoms with Gasteiger partial charge < -0.3 is 122 Å². The number of halogens is 1. The van der Waals surface area contributed by atoms with Crippen molar-refractivity contribution in [3.05, 3.63) is 176 Å². The number of carboxylic acids is 4. The number of piperazine rings is 1. The molecule has 0 unspecified atom stereocenters. The van der Waals surface area contributed by atoms with Crippen LogP contribution in [0.2, 0.25) is 0 Å². The summed E-state index contributed by atoms with van der Waals surface area (Å²) < 4.78 is 26.9. The van der Waals surface area contributed by atoms with Crippen molar-refractivity contribution in [3.8, 4) is 0 Å². The van der Waals surface area contributed by atoms with Gasteiger partial charge in [-0.25, -0.2) is 52.0 Å². The molecule has 0 aliphatic carbocycles. The zero-order valence-corrected chi connectivity index (χ0v) is 77.8. The predicted molar refractivity (Wildman–Crippen MR) is 500 cm³/mol. The Bertz CT molecular complexity index is 5360. The molecule has 0 radical (unpaired) electrons. The van der Waals surface area contributed by atoms with Gasteiger partial charge in [0.25, 0.3) is 0 Å². The van der Waals surface area contributed by atoms with Crippen LogP contribution < -0.4 is 82.4 Å². The summed E-state index contributed by atoms with van der Waals surface area (Å²) in [6, 6.07) is 17.1. The van der Waals surface area contributed by atoms with Gasteiger partial charge in [-0.05, 0) is 142 Å². The number of hydrogen-bond acceptors (Lipinski definition) is 26. The molecule has 4 aromatic heterocycles. The van der Waals surface area contributed by atoms with Crippen LogP contribution in [0.25, 0.3) is 21.3 Å². The average molecular weight is 1900 g/mol. The molecule has 742 valence electrons. The largest absolute Gasteiger partial charge is 0.481 e. The maximum Gasteiger partial charge on any atom is 0.410 e. The topological polar surface area (TPSA) is 759 Å². The number of ether oxygens (including phenoxy) is 1. The Balaban J connectivity index is 0.000000387. The van der Waals surface area contributed by atoms with Gasteiger partial charge in [-0.15, -0.1) is 15.3 Å². The van der Waals surface area contributed by atoms with Gasteiger partial charge >= 0.3 is 54.1 Å². The van der Waals surface area contributed by atoms with Crippen LogP contribution in [0.4, 0.5) is 51.1 Å². The summed E-state index contributed by atoms with van der Waals surface area (Å²) in [7, 11) is 0. The van der Waals surface area contributed by atoms with Gasteiger partial charge in [0.05, 0.1) is 41.5 Å². The van der Waals surface area contributed by atoms with Crippen LogP contribution in [0.1, 0.15) is 209 Å². The molecule has 1 saturated heterocycles. The Labute approximate surface area is 782 Å². The number of aromatic nitrogens is 10. The number of urea groups is 4. The van der Waals surface area contributed by atoms with E-state index in [0.717, 1.165) is 40.0 Å². The van der Waals surface area contributed by atoms with Crippen molar-refractivity contribution in [3.63, 3.8) is 0 Å². The molecule has 9 rings (SSSR count). The Morgan fingerprint density at radius 3 is 1.29 bits per heavy atom. The lowest BCUT2D eigenvalue weighted by atomic mass is 9.93. The Kier molecular flexibility index (Phi) is 46.6. The van der Waals surface area contributed by atoms with Crippen LogP contribution in [0, 0.1) is 5.82 Å². The van der Waals surface area contributed by atoms with Crippen molar-refractivity contribution in [1.82, 2.24) is 75.7 Å². The van der Waals surface area contributed by atoms with E-state index in [1.54, 1.807) is 119 Å². The lowest BCUT2D eigenvalue weighted by Gasteiger charge is -2.35. The number of aryl methyl sites for hydroxylation is 1. The molecule has 12 amide bonds. The van der Waals surface area contributed by atoms with Crippen LogP contribution in [-0.4, -0.2) is 221 Å². The number of aromatic carboxylic acids is 1. The van der Waals surface area contributed by atoms with Crippen molar-refractivity contribution in [1.29, 1.82) is 0 Å². The van der Waals surface area contributed by atoms with E-state index < -0.39 is 107 Å². The number of benzene rings is 4. The number of unbranched alkanes of at least 4 members (excludes halogenated alkanes) is 1. The van der Waals surface area contributed by atoms with Gasteiger partial charge in [0, 0.05) is 134 Å². The fourth-order valence-electron chi connectivity index (χ4n) is 12.4. The number of aliphatic hydroxyl groups is 2. The highest BCUT2D eigenvalue weighted by Gasteiger charge is 2.31. The number of nitrogens with zero attached hydrogens (tertiary/aromatic N) is 15. The summed E-state index contributed by atoms with van der Waals surface area (Å²) in [5, 5.41) is 96.6. The number of hydrogen-bond donors (Lipinski definition) is 19. The minimum Gasteiger partial charge on any atom is -0.481 e. The van der Waals surface area contributed by atoms with Gasteiger partial charge in [0.2, 0.25) is 23.2 Å². The van der Waals surface area contributed by atoms with Crippen molar-refractivity contribution in [2.75, 3.05) is 73.6 Å². The Hall–Kier alpha value is -15.1. The molecular weight excluding hydrogens is 1780 g/mol. The van der Waals surface area contributed by atoms with Crippen LogP contribution >= 0.6 is 0 Å². The second kappa shape index (κ2) is 56.0. The summed E-state index contributed by atoms with van der Waals surface area (Å²) in [5.74, 6) is -6.16. The summed E-state index contributed by atoms with van der Waals surface area (Å²) >= 11 is 0. The molecule has 26 N–H and O–H groups in total. The van der Waals surface area contributed by atoms with E-state index in [0.29, 0.717) is 132 Å². The van der Waals surface area contributed by atoms with Crippen LogP contribution in [0.3, 0.4) is 0 Å². The van der Waals surface area contributed by atoms with Crippen molar-refractivity contribution in [2.45, 2.75) is 219 Å². The normalized spacial score (nSPS) is 12.7. The molecule has 5 atom stereocenters. The van der Waals surface area contributed by atoms with E-state index in [1.165, 1.54) is 20.5 Å². The molecule has 1 aliphatic heterocycles. The molecule has 136 heavy (non-hydrogen) atoms. The van der Waals surface area contributed by atoms with Gasteiger partial charge in [-0.2, -0.15) is 0 Å². The summed E-state index contributed by atoms with van der Waals surface area (Å²) in [5.41, 5.74) is 48.8. The fraction of sp³-hybridized carbons (Fsp3) is 0.483. The molecule has 1 aliphatic rings. The Morgan fingerprint density at radius 2 is 0.934 bits per heavy atom. The molecule has 8 aromatic rings. The molecular formula is C87H127FN28O20. The maximum atomic E-state index is 15.3. The smallest absolute Gasteiger partial charge is 0.410 e. The third kappa shape index (κ3) is 40.1. The number of nitrogens with one attached hydrogen (secondary N) is 6. The first-order valence-electron chi connectivity index (χ1n) is 43.3. The molecule has 48 nitrogen and oxygen atoms in total. The highest BCUT2D eigenvalue weighted by atomic mass is 19.1. The SMILES string of the molecule is CC(C)(C)c1cn([C@@H](CCCNC(N)=O)C(=O)Nc2ccc(CO)cc2)nn1.CC(C)(C)c1cn([C@@H](CCCNC(N)=O)C(=O)O)nn1.CCn1cc(C(=O)O)c(=O)c2cc(F)c(N3CCN(C(=O)OCc4ccc(NC(=O)[C@H](CCCNC(N)=O)n5cc(C(C)(C)C)nn5)cc4)CC3)cc21.NC(=O)NCCC[C@H](N)C(=O)O.Nc1ccc(CO)cc1.[N-]=[N+]=N[C@@H](CCCCC(N)=O)C(=O)O. The molecule has 1 fully saturated rings. The van der Waals surface area contributed by atoms with E-state index in [9.17, 15) is 72.5 Å². The van der Waals surface area contributed by atoms with Crippen molar-refractivity contribution < 1.29 is 97.3 Å². The van der Waals surface area contributed by atoms with Gasteiger partial charge in [-0.1, -0.05) is 126 Å². The number of rotatable bonds is 39. The number of primary amides is 5. The number of pyridine rings is 1. The lowest BCUT2D eigenvalue weighted by Crippen LogP contribution is -2.49. The molecule has 5 heterocycles. The third-order valence-electron chi connectivity index (χ3n) is 20.2. The standard InChI is InChI=1S/C36H44FN9O7.C19H28N6O3.C12H21N5O3.C7H12N4O3.C7H9NO.C6H13N3O3/c1-5-43-19-25(33(49)50)31(47)24-17-26(37)29(18-28(24)43)44-13-15-45(16-14-44)35(52)53-21-22-8-10-23(11-9-22)40-32(48)27(7-6-12-39-34(38)51)46-20-30(41-42-46)36(2,3)4;1-19(2,3)16-11-25(24-23-16)15(5-4-10-21-18(20)28)17(27)22-14-8-6-13(12-26)7-9-14;1-12(2,3)9-7-17(16-15-9)8(10(18)19)5-4-6-14-11(13)20;8-6(12)4-2-1-3-5(7(13)14)10-11-9;8-7-3-1-6(5-9)2-4-7;7-4(5(10)11)2-1-3-9-6(8)12/h8-11,17-20,27H,5-7,12-16,21H2,1-4H3,(H,40,48)(H,49,50)(H3,38,39,51);6-9,11,15,26H,4-5,10,12H2,1-3H3,(H,22,27)(H3,20,21,28);7-8H,4-6H2,1-3H3,(H,18,19)(H3,13,14,20);5H,1-4H2,(H2,8,12)(H,13,14);1-4,9H,5,8H2;4H,1-3,7H2,(H,10,11)(H3,8,9,12)/t27-;15-;8-;5-;;4-/m0000.0/s1. The van der Waals surface area contributed by atoms with E-state index >= 15 is 4.39 Å². The van der Waals surface area contributed by atoms with Crippen LogP contribution in [-0.2, 0) is 76.1 Å². The maximum absolute atomic E-state index is 15.3. The quantitative estimate of drug-likeness (QED) is 0.00635. The summed E-state index contributed by atoms with van der Waals surface area (Å²) in [6.45, 7) is 22.7. The first-order chi connectivity index (χ1) is 64.0. The van der Waals surface area contributed by atoms with Gasteiger partial charge in [0.1, 0.15) is 42.2 Å². The molecule has 0 spiro atoms. The summed E-state index contributed by atoms with van der Waals surface area (Å²) in [4.78, 5) is 154. The van der Waals surface area contributed by atoms with Crippen molar-refractivity contribution >= 4 is 105 Å². The zero-order valence-electron chi connectivity index (χ0n) is 77.8. The number of aliphatic carboxylic acids is 3. The minimum atomic E-state index is -1.37. The minimum absolute atomic E-state index is 0.0104. The summed E-state index contributed by atoms with van der Waals surface area (Å²) in [6.07, 6.45) is 10.9. The fourth-order valence-corrected chi connectivity index (χ4v) is 12.4. The first kappa shape index (κ1) is 113. The average Bonchev–Trinajstić information content (AvgIpc) is 0.819. The van der Waals surface area contributed by atoms with Crippen molar-refractivity contribution in [2.24, 2.45) is 39.5 Å². The molecule has 0 bridgehead atoms. The molecule has 0 saturated carbocycles. The number of carbonyl (C=O) groups is 12. The van der Waals surface area contributed by atoms with E-state index in [-0.39, 0.29) is 84.9 Å². The van der Waals surface area contributed by atoms with Gasteiger partial charge in [-0.3, -0.25) is 28.8 Å². The number of carboxylic acid groups (broad SMARTS) is 4. The number of azide groups is 1. The Morgan fingerprint density at radius 1 is 0.529 bits per heavy atom. The highest BCUT2D eigenvalue weighted by Crippen LogP contribution is 2.30. The van der Waals surface area contributed by atoms with Gasteiger partial charge in [0.15, 0.2) is 6.04 Å². The first-order valence-corrected chi connectivity index (χ1v) is 43.3. The monoisotopic (exact) mass is 1900 g/mol. The zero-order chi connectivity index (χ0) is 102. The highest BCUT2D eigenvalue weighted by molar-refractivity contribution is 5.95. The van der Waals surface area contributed by atoms with E-state index in [2.05, 4.69) is 72.9 Å². The number of fused-ring (bicyclic) bond motifs is 1. The lowest BCUT2D eigenvalue weighted by molar-refractivity contribution is -0.142. The second-order valence-corrected chi connectivity index (χ2v) is 34.1. The number of amides is 12. The molecule has 4 aromatic carbocycles. The predicted octanol–water partition coefficient (Wildman–Crippen LogP) is 6.58. The number of nitrogen functional groups attached to an aromatic ring is 1. The second-order valence-electron chi connectivity index (χ2n) is 34.1. The third-order valence-corrected chi connectivity index (χ3v) is 20.2.